The third-order valence-corrected chi connectivity index (χ3v) is 3.88. The van der Waals surface area contributed by atoms with Gasteiger partial charge in [-0.25, -0.2) is 0 Å². The minimum absolute atomic E-state index is 0.0695. The average Bonchev–Trinajstić information content (AvgIpc) is 2.47. The van der Waals surface area contributed by atoms with Crippen LogP contribution in [0.25, 0.3) is 0 Å². The van der Waals surface area contributed by atoms with E-state index in [1.807, 2.05) is 49.5 Å². The number of amidine groups is 1. The molecule has 4 nitrogen and oxygen atoms in total. The fourth-order valence-corrected chi connectivity index (χ4v) is 2.76. The van der Waals surface area contributed by atoms with Gasteiger partial charge in [-0.3, -0.25) is 5.41 Å². The number of methoxy groups -OCH3 is 1. The molecule has 0 bridgehead atoms. The van der Waals surface area contributed by atoms with Crippen molar-refractivity contribution in [2.75, 3.05) is 19.1 Å². The van der Waals surface area contributed by atoms with Gasteiger partial charge in [0.2, 0.25) is 0 Å². The summed E-state index contributed by atoms with van der Waals surface area (Å²) in [6.45, 7) is 0.780. The molecule has 0 unspecified atom stereocenters. The predicted molar refractivity (Wildman–Crippen MR) is 90.3 cm³/mol. The van der Waals surface area contributed by atoms with Crippen molar-refractivity contribution in [3.05, 3.63) is 58.1 Å². The Morgan fingerprint density at radius 3 is 2.43 bits per heavy atom. The Hall–Kier alpha value is -2.01. The van der Waals surface area contributed by atoms with Crippen LogP contribution in [0.1, 0.15) is 11.1 Å². The van der Waals surface area contributed by atoms with E-state index < -0.39 is 0 Å². The standard InChI is InChI=1S/C16H18BrN3O/c1-20(10-11-3-6-13(21-2)7-4-11)15-8-5-12(16(18)19)9-14(15)17/h3-9H,10H2,1-2H3,(H3,18,19). The SMILES string of the molecule is COc1ccc(CN(C)c2ccc(C(=N)N)cc2Br)cc1. The summed E-state index contributed by atoms with van der Waals surface area (Å²) in [7, 11) is 3.69. The van der Waals surface area contributed by atoms with Crippen LogP contribution in [-0.2, 0) is 6.54 Å². The van der Waals surface area contributed by atoms with Crippen molar-refractivity contribution in [1.82, 2.24) is 0 Å². The largest absolute Gasteiger partial charge is 0.497 e. The maximum Gasteiger partial charge on any atom is 0.122 e. The summed E-state index contributed by atoms with van der Waals surface area (Å²) >= 11 is 3.54. The highest BCUT2D eigenvalue weighted by Gasteiger charge is 2.08. The lowest BCUT2D eigenvalue weighted by atomic mass is 10.1. The number of ether oxygens (including phenoxy) is 1. The van der Waals surface area contributed by atoms with Gasteiger partial charge in [-0.2, -0.15) is 0 Å². The normalized spacial score (nSPS) is 10.2. The molecular formula is C16H18BrN3O. The summed E-state index contributed by atoms with van der Waals surface area (Å²) in [4.78, 5) is 2.13. The molecule has 0 amide bonds. The third-order valence-electron chi connectivity index (χ3n) is 3.25. The molecule has 0 aliphatic carbocycles. The van der Waals surface area contributed by atoms with Gasteiger partial charge in [-0.05, 0) is 51.8 Å². The van der Waals surface area contributed by atoms with Crippen molar-refractivity contribution in [2.45, 2.75) is 6.54 Å². The molecule has 0 aromatic heterocycles. The maximum atomic E-state index is 7.46. The van der Waals surface area contributed by atoms with Crippen LogP contribution in [0.4, 0.5) is 5.69 Å². The van der Waals surface area contributed by atoms with Crippen molar-refractivity contribution >= 4 is 27.5 Å². The Morgan fingerprint density at radius 2 is 1.90 bits per heavy atom. The number of hydrogen-bond donors (Lipinski definition) is 2. The predicted octanol–water partition coefficient (Wildman–Crippen LogP) is 3.38. The number of nitrogens with zero attached hydrogens (tertiary/aromatic N) is 1. The Bertz CT molecular complexity index is 640. The molecule has 0 aliphatic rings. The van der Waals surface area contributed by atoms with Gasteiger partial charge in [-0.15, -0.1) is 0 Å². The highest BCUT2D eigenvalue weighted by molar-refractivity contribution is 9.10. The van der Waals surface area contributed by atoms with Crippen LogP contribution >= 0.6 is 15.9 Å². The Morgan fingerprint density at radius 1 is 1.24 bits per heavy atom. The molecule has 0 spiro atoms. The molecular weight excluding hydrogens is 330 g/mol. The number of anilines is 1. The summed E-state index contributed by atoms with van der Waals surface area (Å²) in [6, 6.07) is 13.7. The number of halogens is 1. The molecule has 0 aliphatic heterocycles. The number of nitrogens with two attached hydrogens (primary N) is 1. The van der Waals surface area contributed by atoms with Gasteiger partial charge in [0.25, 0.3) is 0 Å². The van der Waals surface area contributed by atoms with Crippen LogP contribution in [0.3, 0.4) is 0 Å². The summed E-state index contributed by atoms with van der Waals surface area (Å²) in [5.41, 5.74) is 8.46. The summed E-state index contributed by atoms with van der Waals surface area (Å²) < 4.78 is 6.08. The molecule has 2 rings (SSSR count). The number of nitrogens with one attached hydrogen (secondary N) is 1. The molecule has 0 saturated heterocycles. The van der Waals surface area contributed by atoms with E-state index in [2.05, 4.69) is 20.8 Å². The van der Waals surface area contributed by atoms with Crippen molar-refractivity contribution in [3.8, 4) is 5.75 Å². The van der Waals surface area contributed by atoms with Gasteiger partial charge in [0.1, 0.15) is 11.6 Å². The Balaban J connectivity index is 2.15. The van der Waals surface area contributed by atoms with Crippen LogP contribution in [0.2, 0.25) is 0 Å². The second kappa shape index (κ2) is 6.63. The molecule has 0 atom stereocenters. The van der Waals surface area contributed by atoms with Crippen molar-refractivity contribution < 1.29 is 4.74 Å². The monoisotopic (exact) mass is 347 g/mol. The van der Waals surface area contributed by atoms with E-state index in [9.17, 15) is 0 Å². The van der Waals surface area contributed by atoms with Crippen molar-refractivity contribution in [2.24, 2.45) is 5.73 Å². The number of hydrogen-bond acceptors (Lipinski definition) is 3. The van der Waals surface area contributed by atoms with Crippen LogP contribution in [0.5, 0.6) is 5.75 Å². The van der Waals surface area contributed by atoms with E-state index >= 15 is 0 Å². The molecule has 21 heavy (non-hydrogen) atoms. The zero-order valence-electron chi connectivity index (χ0n) is 12.1. The molecule has 0 heterocycles. The topological polar surface area (TPSA) is 62.3 Å². The molecule has 5 heteroatoms. The van der Waals surface area contributed by atoms with Crippen LogP contribution < -0.4 is 15.4 Å². The highest BCUT2D eigenvalue weighted by Crippen LogP contribution is 2.27. The number of rotatable bonds is 5. The van der Waals surface area contributed by atoms with Crippen LogP contribution in [0, 0.1) is 5.41 Å². The molecule has 0 fully saturated rings. The first kappa shape index (κ1) is 15.4. The second-order valence-corrected chi connectivity index (χ2v) is 5.64. The quantitative estimate of drug-likeness (QED) is 0.643. The van der Waals surface area contributed by atoms with E-state index in [0.29, 0.717) is 5.56 Å². The summed E-state index contributed by atoms with van der Waals surface area (Å²) in [5, 5.41) is 7.46. The molecule has 110 valence electrons. The highest BCUT2D eigenvalue weighted by atomic mass is 79.9. The second-order valence-electron chi connectivity index (χ2n) is 4.78. The minimum atomic E-state index is 0.0695. The van der Waals surface area contributed by atoms with Gasteiger partial charge in [-0.1, -0.05) is 12.1 Å². The van der Waals surface area contributed by atoms with Crippen LogP contribution in [-0.4, -0.2) is 20.0 Å². The average molecular weight is 348 g/mol. The lowest BCUT2D eigenvalue weighted by Crippen LogP contribution is -2.17. The van der Waals surface area contributed by atoms with Crippen LogP contribution in [0.15, 0.2) is 46.9 Å². The molecule has 0 saturated carbocycles. The summed E-state index contributed by atoms with van der Waals surface area (Å²) in [5.74, 6) is 0.924. The minimum Gasteiger partial charge on any atom is -0.497 e. The first-order valence-corrected chi connectivity index (χ1v) is 7.28. The molecule has 2 aromatic rings. The van der Waals surface area contributed by atoms with E-state index in [-0.39, 0.29) is 5.84 Å². The first-order valence-electron chi connectivity index (χ1n) is 6.49. The molecule has 2 aromatic carbocycles. The molecule has 3 N–H and O–H groups in total. The van der Waals surface area contributed by atoms with E-state index in [1.54, 1.807) is 7.11 Å². The first-order chi connectivity index (χ1) is 10.0. The fourth-order valence-electron chi connectivity index (χ4n) is 2.07. The van der Waals surface area contributed by atoms with E-state index in [1.165, 1.54) is 5.56 Å². The van der Waals surface area contributed by atoms with Gasteiger partial charge in [0.15, 0.2) is 0 Å². The lowest BCUT2D eigenvalue weighted by Gasteiger charge is -2.21. The number of nitrogen functional groups attached to an aromatic ring is 1. The van der Waals surface area contributed by atoms with Gasteiger partial charge < -0.3 is 15.4 Å². The fraction of sp³-hybridized carbons (Fsp3) is 0.188. The van der Waals surface area contributed by atoms with E-state index in [0.717, 1.165) is 22.5 Å². The number of benzene rings is 2. The third kappa shape index (κ3) is 3.76. The van der Waals surface area contributed by atoms with Gasteiger partial charge in [0.05, 0.1) is 12.8 Å². The molecule has 0 radical (unpaired) electrons. The van der Waals surface area contributed by atoms with Gasteiger partial charge in [0, 0.05) is 23.6 Å². The van der Waals surface area contributed by atoms with Gasteiger partial charge >= 0.3 is 0 Å². The maximum absolute atomic E-state index is 7.46. The Labute approximate surface area is 133 Å². The van der Waals surface area contributed by atoms with Crippen molar-refractivity contribution in [1.29, 1.82) is 5.41 Å². The smallest absolute Gasteiger partial charge is 0.122 e. The van der Waals surface area contributed by atoms with E-state index in [4.69, 9.17) is 15.9 Å². The lowest BCUT2D eigenvalue weighted by molar-refractivity contribution is 0.414. The van der Waals surface area contributed by atoms with Crippen molar-refractivity contribution in [3.63, 3.8) is 0 Å². The Kier molecular flexibility index (Phi) is 4.85. The summed E-state index contributed by atoms with van der Waals surface area (Å²) in [6.07, 6.45) is 0. The zero-order valence-corrected chi connectivity index (χ0v) is 13.6. The zero-order chi connectivity index (χ0) is 15.4.